The van der Waals surface area contributed by atoms with Crippen molar-refractivity contribution in [1.29, 1.82) is 0 Å². The molecule has 3 nitrogen and oxygen atoms in total. The van der Waals surface area contributed by atoms with Crippen LogP contribution in [0.15, 0.2) is 126 Å². The van der Waals surface area contributed by atoms with Gasteiger partial charge in [0.15, 0.2) is 5.13 Å². The summed E-state index contributed by atoms with van der Waals surface area (Å²) >= 11 is 2.98. The van der Waals surface area contributed by atoms with Crippen LogP contribution < -0.4 is 5.32 Å². The fraction of sp³-hybridized carbons (Fsp3) is 0.0345. The predicted octanol–water partition coefficient (Wildman–Crippen LogP) is 7.95. The summed E-state index contributed by atoms with van der Waals surface area (Å²) in [5, 5.41) is 5.24. The highest BCUT2D eigenvalue weighted by Crippen LogP contribution is 2.36. The molecule has 166 valence electrons. The summed E-state index contributed by atoms with van der Waals surface area (Å²) in [5.41, 5.74) is 5.18. The van der Waals surface area contributed by atoms with Gasteiger partial charge in [0.1, 0.15) is 5.25 Å². The lowest BCUT2D eigenvalue weighted by Gasteiger charge is -2.16. The van der Waals surface area contributed by atoms with E-state index in [0.29, 0.717) is 5.13 Å². The highest BCUT2D eigenvalue weighted by atomic mass is 32.2. The van der Waals surface area contributed by atoms with Gasteiger partial charge in [0.2, 0.25) is 5.91 Å². The van der Waals surface area contributed by atoms with Crippen LogP contribution in [0.2, 0.25) is 0 Å². The van der Waals surface area contributed by atoms with Crippen LogP contribution in [0.25, 0.3) is 22.4 Å². The molecule has 34 heavy (non-hydrogen) atoms. The average molecular weight is 479 g/mol. The Morgan fingerprint density at radius 2 is 1.26 bits per heavy atom. The van der Waals surface area contributed by atoms with Crippen molar-refractivity contribution >= 4 is 34.1 Å². The topological polar surface area (TPSA) is 42.0 Å². The second-order valence-corrected chi connectivity index (χ2v) is 9.73. The number of carbonyl (C=O) groups excluding carboxylic acids is 1. The SMILES string of the molecule is O=C(Nc1nc(-c2ccc(-c3ccccc3)cc2)cs1)C(Sc1ccccc1)c1ccccc1. The summed E-state index contributed by atoms with van der Waals surface area (Å²) in [5.74, 6) is -0.0830. The molecular formula is C29H22N2OS2. The third-order valence-electron chi connectivity index (χ3n) is 5.36. The van der Waals surface area contributed by atoms with Crippen molar-refractivity contribution in [3.63, 3.8) is 0 Å². The van der Waals surface area contributed by atoms with E-state index in [1.54, 1.807) is 0 Å². The Balaban J connectivity index is 1.33. The third-order valence-corrected chi connectivity index (χ3v) is 7.38. The average Bonchev–Trinajstić information content (AvgIpc) is 3.37. The maximum atomic E-state index is 13.3. The molecule has 1 unspecified atom stereocenters. The zero-order chi connectivity index (χ0) is 23.2. The summed E-state index contributed by atoms with van der Waals surface area (Å²) < 4.78 is 0. The summed E-state index contributed by atoms with van der Waals surface area (Å²) in [6, 6.07) is 38.5. The molecule has 5 heteroatoms. The molecule has 1 heterocycles. The maximum Gasteiger partial charge on any atom is 0.244 e. The Morgan fingerprint density at radius 3 is 1.94 bits per heavy atom. The van der Waals surface area contributed by atoms with E-state index >= 15 is 0 Å². The fourth-order valence-electron chi connectivity index (χ4n) is 3.63. The number of hydrogen-bond donors (Lipinski definition) is 1. The Hall–Kier alpha value is -3.67. The summed E-state index contributed by atoms with van der Waals surface area (Å²) in [6.07, 6.45) is 0. The number of aromatic nitrogens is 1. The molecule has 0 saturated carbocycles. The molecule has 0 bridgehead atoms. The minimum Gasteiger partial charge on any atom is -0.301 e. The van der Waals surface area contributed by atoms with Crippen LogP contribution in [0.4, 0.5) is 5.13 Å². The van der Waals surface area contributed by atoms with Crippen LogP contribution in [0.3, 0.4) is 0 Å². The van der Waals surface area contributed by atoms with E-state index < -0.39 is 0 Å². The van der Waals surface area contributed by atoms with Gasteiger partial charge in [-0.05, 0) is 28.8 Å². The van der Waals surface area contributed by atoms with E-state index in [1.165, 1.54) is 28.7 Å². The van der Waals surface area contributed by atoms with E-state index in [9.17, 15) is 4.79 Å². The summed E-state index contributed by atoms with van der Waals surface area (Å²) in [4.78, 5) is 19.0. The first-order valence-electron chi connectivity index (χ1n) is 11.0. The smallest absolute Gasteiger partial charge is 0.244 e. The van der Waals surface area contributed by atoms with Gasteiger partial charge in [-0.3, -0.25) is 4.79 Å². The second kappa shape index (κ2) is 10.5. The number of anilines is 1. The van der Waals surface area contributed by atoms with E-state index in [-0.39, 0.29) is 11.2 Å². The van der Waals surface area contributed by atoms with E-state index in [0.717, 1.165) is 27.3 Å². The number of hydrogen-bond acceptors (Lipinski definition) is 4. The Morgan fingerprint density at radius 1 is 0.706 bits per heavy atom. The van der Waals surface area contributed by atoms with Crippen molar-refractivity contribution in [2.45, 2.75) is 10.1 Å². The Bertz CT molecular complexity index is 1350. The van der Waals surface area contributed by atoms with Crippen LogP contribution in [0.5, 0.6) is 0 Å². The largest absolute Gasteiger partial charge is 0.301 e. The molecule has 0 aliphatic rings. The number of benzene rings is 4. The molecule has 0 aliphatic heterocycles. The molecule has 0 aliphatic carbocycles. The first-order valence-corrected chi connectivity index (χ1v) is 12.7. The second-order valence-electron chi connectivity index (χ2n) is 7.69. The number of thiazole rings is 1. The van der Waals surface area contributed by atoms with Gasteiger partial charge in [-0.15, -0.1) is 23.1 Å². The molecule has 1 amide bonds. The van der Waals surface area contributed by atoms with Crippen molar-refractivity contribution in [3.8, 4) is 22.4 Å². The zero-order valence-electron chi connectivity index (χ0n) is 18.3. The highest BCUT2D eigenvalue weighted by Gasteiger charge is 2.23. The van der Waals surface area contributed by atoms with Gasteiger partial charge >= 0.3 is 0 Å². The normalized spacial score (nSPS) is 11.6. The standard InChI is InChI=1S/C29H22N2OS2/c32-28(27(24-12-6-2-7-13-24)34-25-14-8-3-9-15-25)31-29-30-26(20-33-29)23-18-16-22(17-19-23)21-10-4-1-5-11-21/h1-20,27H,(H,30,31,32). The molecule has 5 aromatic rings. The molecule has 0 saturated heterocycles. The number of nitrogens with one attached hydrogen (secondary N) is 1. The van der Waals surface area contributed by atoms with Crippen molar-refractivity contribution in [2.24, 2.45) is 0 Å². The zero-order valence-corrected chi connectivity index (χ0v) is 19.9. The van der Waals surface area contributed by atoms with E-state index in [1.807, 2.05) is 84.2 Å². The monoisotopic (exact) mass is 478 g/mol. The van der Waals surface area contributed by atoms with E-state index in [2.05, 4.69) is 46.7 Å². The number of carbonyl (C=O) groups is 1. The first-order chi connectivity index (χ1) is 16.8. The maximum absolute atomic E-state index is 13.3. The van der Waals surface area contributed by atoms with Crippen LogP contribution in [0.1, 0.15) is 10.8 Å². The van der Waals surface area contributed by atoms with Crippen molar-refractivity contribution in [1.82, 2.24) is 4.98 Å². The number of nitrogens with zero attached hydrogens (tertiary/aromatic N) is 1. The molecule has 5 rings (SSSR count). The molecule has 0 fully saturated rings. The van der Waals surface area contributed by atoms with Gasteiger partial charge in [-0.25, -0.2) is 4.98 Å². The van der Waals surface area contributed by atoms with Gasteiger partial charge in [0.25, 0.3) is 0 Å². The minimum atomic E-state index is -0.374. The lowest BCUT2D eigenvalue weighted by atomic mass is 10.0. The van der Waals surface area contributed by atoms with Crippen LogP contribution >= 0.6 is 23.1 Å². The Kier molecular flexibility index (Phi) is 6.84. The van der Waals surface area contributed by atoms with E-state index in [4.69, 9.17) is 0 Å². The van der Waals surface area contributed by atoms with Crippen molar-refractivity contribution < 1.29 is 4.79 Å². The third kappa shape index (κ3) is 5.28. The minimum absolute atomic E-state index is 0.0830. The fourth-order valence-corrected chi connectivity index (χ4v) is 5.40. The highest BCUT2D eigenvalue weighted by molar-refractivity contribution is 8.00. The van der Waals surface area contributed by atoms with Gasteiger partial charge < -0.3 is 5.32 Å². The lowest BCUT2D eigenvalue weighted by molar-refractivity contribution is -0.115. The molecule has 1 N–H and O–H groups in total. The number of thioether (sulfide) groups is 1. The van der Waals surface area contributed by atoms with Gasteiger partial charge in [-0.2, -0.15) is 0 Å². The molecule has 1 atom stereocenters. The first kappa shape index (κ1) is 22.1. The Labute approximate surface area is 207 Å². The summed E-state index contributed by atoms with van der Waals surface area (Å²) in [7, 11) is 0. The molecule has 4 aromatic carbocycles. The summed E-state index contributed by atoms with van der Waals surface area (Å²) in [6.45, 7) is 0. The molecular weight excluding hydrogens is 456 g/mol. The van der Waals surface area contributed by atoms with Gasteiger partial charge in [-0.1, -0.05) is 103 Å². The van der Waals surface area contributed by atoms with Crippen LogP contribution in [0, 0.1) is 0 Å². The number of amides is 1. The predicted molar refractivity (Wildman–Crippen MR) is 143 cm³/mol. The quantitative estimate of drug-likeness (QED) is 0.241. The van der Waals surface area contributed by atoms with Crippen molar-refractivity contribution in [2.75, 3.05) is 5.32 Å². The van der Waals surface area contributed by atoms with Gasteiger partial charge in [0.05, 0.1) is 5.69 Å². The molecule has 1 aromatic heterocycles. The molecule has 0 radical (unpaired) electrons. The van der Waals surface area contributed by atoms with Gasteiger partial charge in [0, 0.05) is 15.8 Å². The van der Waals surface area contributed by atoms with Crippen molar-refractivity contribution in [3.05, 3.63) is 126 Å². The number of rotatable bonds is 7. The molecule has 0 spiro atoms. The lowest BCUT2D eigenvalue weighted by Crippen LogP contribution is -2.18. The van der Waals surface area contributed by atoms with Crippen LogP contribution in [-0.4, -0.2) is 10.9 Å². The van der Waals surface area contributed by atoms with Crippen LogP contribution in [-0.2, 0) is 4.79 Å².